The van der Waals surface area contributed by atoms with E-state index in [4.69, 9.17) is 9.47 Å². The molecule has 31 heavy (non-hydrogen) atoms. The molecule has 0 unspecified atom stereocenters. The second-order valence-corrected chi connectivity index (χ2v) is 7.95. The highest BCUT2D eigenvalue weighted by atomic mass is 19.1. The van der Waals surface area contributed by atoms with Gasteiger partial charge in [0.05, 0.1) is 33.4 Å². The molecule has 4 rings (SSSR count). The van der Waals surface area contributed by atoms with Crippen molar-refractivity contribution < 1.29 is 23.7 Å². The minimum Gasteiger partial charge on any atom is -0.493 e. The van der Waals surface area contributed by atoms with Gasteiger partial charge < -0.3 is 19.3 Å². The summed E-state index contributed by atoms with van der Waals surface area (Å²) >= 11 is 0. The number of para-hydroxylation sites is 1. The van der Waals surface area contributed by atoms with Crippen LogP contribution in [-0.2, 0) is 6.54 Å². The van der Waals surface area contributed by atoms with Gasteiger partial charge in [0.15, 0.2) is 17.5 Å². The maximum absolute atomic E-state index is 13.3. The first-order chi connectivity index (χ1) is 15.1. The summed E-state index contributed by atoms with van der Waals surface area (Å²) in [5.74, 6) is 1.88. The highest BCUT2D eigenvalue weighted by Gasteiger charge is 2.37. The van der Waals surface area contributed by atoms with Gasteiger partial charge in [-0.1, -0.05) is 18.2 Å². The molecule has 2 heterocycles. The van der Waals surface area contributed by atoms with Gasteiger partial charge in [-0.3, -0.25) is 0 Å². The van der Waals surface area contributed by atoms with Crippen molar-refractivity contribution in [2.45, 2.75) is 12.6 Å². The number of piperazine rings is 1. The molecule has 3 aromatic rings. The molecule has 0 bridgehead atoms. The number of hydrogen-bond donors (Lipinski definition) is 2. The second kappa shape index (κ2) is 9.40. The Hall–Kier alpha value is -3.04. The molecule has 1 aromatic heterocycles. The highest BCUT2D eigenvalue weighted by molar-refractivity contribution is 5.48. The zero-order valence-electron chi connectivity index (χ0n) is 18.1. The van der Waals surface area contributed by atoms with Gasteiger partial charge in [-0.15, -0.1) is 5.10 Å². The summed E-state index contributed by atoms with van der Waals surface area (Å²) in [5, 5.41) is 12.7. The lowest BCUT2D eigenvalue weighted by Crippen LogP contribution is -3.27. The van der Waals surface area contributed by atoms with E-state index in [1.165, 1.54) is 21.9 Å². The Morgan fingerprint density at radius 3 is 2.45 bits per heavy atom. The number of nitrogens with zero attached hydrogens (tertiary/aromatic N) is 4. The normalized spacial score (nSPS) is 19.7. The summed E-state index contributed by atoms with van der Waals surface area (Å²) in [6.45, 7) is 4.57. The first-order valence-electron chi connectivity index (χ1n) is 10.5. The molecule has 1 saturated heterocycles. The van der Waals surface area contributed by atoms with E-state index in [1.807, 2.05) is 12.1 Å². The number of hydrogen-bond acceptors (Lipinski definition) is 5. The number of quaternary nitrogens is 2. The average molecular weight is 429 g/mol. The molecule has 1 fully saturated rings. The van der Waals surface area contributed by atoms with Gasteiger partial charge >= 0.3 is 0 Å². The van der Waals surface area contributed by atoms with E-state index in [2.05, 4.69) is 28.6 Å². The molecule has 0 spiro atoms. The fourth-order valence-electron chi connectivity index (χ4n) is 4.26. The standard InChI is InChI=1S/C22H27FN6O2/c1-27-11-13-28(14-12-27)20(18-5-4-6-19(30-2)21(18)31-3)22-24-25-26-29(22)15-16-7-9-17(23)10-8-16/h4-10,20H,11-15H2,1-3H3/p+2/t20-/m0/s1. The maximum atomic E-state index is 13.3. The summed E-state index contributed by atoms with van der Waals surface area (Å²) in [6, 6.07) is 12.2. The van der Waals surface area contributed by atoms with E-state index < -0.39 is 0 Å². The van der Waals surface area contributed by atoms with Crippen LogP contribution in [0.1, 0.15) is 23.0 Å². The molecule has 1 aliphatic heterocycles. The zero-order chi connectivity index (χ0) is 21.8. The van der Waals surface area contributed by atoms with Gasteiger partial charge in [-0.05, 0) is 40.3 Å². The SMILES string of the molecule is COc1cccc([C@@H](c2nnnn2Cc2ccc(F)cc2)[NH+]2CC[NH+](C)CC2)c1OC. The molecule has 164 valence electrons. The molecule has 1 aliphatic rings. The summed E-state index contributed by atoms with van der Waals surface area (Å²) in [5.41, 5.74) is 1.93. The minimum absolute atomic E-state index is 0.117. The van der Waals surface area contributed by atoms with Crippen LogP contribution in [0.3, 0.4) is 0 Å². The van der Waals surface area contributed by atoms with Gasteiger partial charge in [0.25, 0.3) is 0 Å². The van der Waals surface area contributed by atoms with Crippen molar-refractivity contribution in [3.05, 3.63) is 65.2 Å². The van der Waals surface area contributed by atoms with Crippen molar-refractivity contribution in [2.24, 2.45) is 0 Å². The summed E-state index contributed by atoms with van der Waals surface area (Å²) in [4.78, 5) is 2.90. The predicted octanol–water partition coefficient (Wildman–Crippen LogP) is -0.620. The van der Waals surface area contributed by atoms with Crippen LogP contribution in [0, 0.1) is 5.82 Å². The lowest BCUT2D eigenvalue weighted by atomic mass is 10.0. The molecule has 0 amide bonds. The number of tetrazole rings is 1. The molecule has 9 heteroatoms. The third-order valence-electron chi connectivity index (χ3n) is 5.96. The number of likely N-dealkylation sites (N-methyl/N-ethyl adjacent to an activating group) is 1. The zero-order valence-corrected chi connectivity index (χ0v) is 18.1. The number of nitrogens with one attached hydrogen (secondary N) is 2. The minimum atomic E-state index is -0.260. The Balaban J connectivity index is 1.76. The summed E-state index contributed by atoms with van der Waals surface area (Å²) in [7, 11) is 5.52. The Morgan fingerprint density at radius 2 is 1.77 bits per heavy atom. The number of halogens is 1. The van der Waals surface area contributed by atoms with Gasteiger partial charge in [0, 0.05) is 0 Å². The monoisotopic (exact) mass is 428 g/mol. The summed E-state index contributed by atoms with van der Waals surface area (Å²) in [6.07, 6.45) is 0. The smallest absolute Gasteiger partial charge is 0.214 e. The van der Waals surface area contributed by atoms with Gasteiger partial charge in [-0.25, -0.2) is 9.07 Å². The maximum Gasteiger partial charge on any atom is 0.214 e. The molecule has 8 nitrogen and oxygen atoms in total. The fourth-order valence-corrected chi connectivity index (χ4v) is 4.26. The van der Waals surface area contributed by atoms with Crippen molar-refractivity contribution >= 4 is 0 Å². The van der Waals surface area contributed by atoms with Crippen LogP contribution in [0.15, 0.2) is 42.5 Å². The van der Waals surface area contributed by atoms with Crippen molar-refractivity contribution in [1.29, 1.82) is 0 Å². The molecule has 1 atom stereocenters. The van der Waals surface area contributed by atoms with Crippen molar-refractivity contribution in [2.75, 3.05) is 47.4 Å². The third kappa shape index (κ3) is 4.52. The van der Waals surface area contributed by atoms with E-state index in [-0.39, 0.29) is 11.9 Å². The van der Waals surface area contributed by atoms with Crippen LogP contribution in [-0.4, -0.2) is 67.7 Å². The predicted molar refractivity (Wildman–Crippen MR) is 112 cm³/mol. The number of methoxy groups -OCH3 is 2. The summed E-state index contributed by atoms with van der Waals surface area (Å²) < 4.78 is 26.5. The molecule has 2 aromatic carbocycles. The fraction of sp³-hybridized carbons (Fsp3) is 0.409. The molecular weight excluding hydrogens is 399 g/mol. The topological polar surface area (TPSA) is 70.9 Å². The molecule has 0 aliphatic carbocycles. The van der Waals surface area contributed by atoms with Crippen molar-refractivity contribution in [3.8, 4) is 11.5 Å². The van der Waals surface area contributed by atoms with Crippen LogP contribution in [0.5, 0.6) is 11.5 Å². The first kappa shape index (κ1) is 21.2. The quantitative estimate of drug-likeness (QED) is 0.525. The Labute approximate surface area is 181 Å². The molecular formula is C22H29FN6O2+2. The van der Waals surface area contributed by atoms with Gasteiger partial charge in [0.1, 0.15) is 32.0 Å². The third-order valence-corrected chi connectivity index (χ3v) is 5.96. The van der Waals surface area contributed by atoms with Crippen molar-refractivity contribution in [1.82, 2.24) is 20.2 Å². The molecule has 2 N–H and O–H groups in total. The van der Waals surface area contributed by atoms with E-state index in [9.17, 15) is 4.39 Å². The second-order valence-electron chi connectivity index (χ2n) is 7.95. The Morgan fingerprint density at radius 1 is 1.03 bits per heavy atom. The Bertz CT molecular complexity index is 1000. The lowest BCUT2D eigenvalue weighted by Gasteiger charge is -2.33. The lowest BCUT2D eigenvalue weighted by molar-refractivity contribution is -1.02. The number of benzene rings is 2. The van der Waals surface area contributed by atoms with Crippen LogP contribution in [0.25, 0.3) is 0 Å². The van der Waals surface area contributed by atoms with Crippen LogP contribution in [0.2, 0.25) is 0 Å². The van der Waals surface area contributed by atoms with Gasteiger partial charge in [0.2, 0.25) is 5.82 Å². The van der Waals surface area contributed by atoms with E-state index in [1.54, 1.807) is 31.0 Å². The van der Waals surface area contributed by atoms with Gasteiger partial charge in [-0.2, -0.15) is 0 Å². The number of rotatable bonds is 7. The van der Waals surface area contributed by atoms with Crippen LogP contribution >= 0.6 is 0 Å². The number of aromatic nitrogens is 4. The van der Waals surface area contributed by atoms with Crippen LogP contribution in [0.4, 0.5) is 4.39 Å². The number of ether oxygens (including phenoxy) is 2. The van der Waals surface area contributed by atoms with Crippen LogP contribution < -0.4 is 19.3 Å². The molecule has 0 radical (unpaired) electrons. The van der Waals surface area contributed by atoms with E-state index >= 15 is 0 Å². The van der Waals surface area contributed by atoms with Crippen molar-refractivity contribution in [3.63, 3.8) is 0 Å². The Kier molecular flexibility index (Phi) is 6.43. The average Bonchev–Trinajstić information content (AvgIpc) is 3.24. The first-order valence-corrected chi connectivity index (χ1v) is 10.5. The van der Waals surface area contributed by atoms with E-state index in [0.29, 0.717) is 18.0 Å². The largest absolute Gasteiger partial charge is 0.493 e. The highest BCUT2D eigenvalue weighted by Crippen LogP contribution is 2.35. The van der Waals surface area contributed by atoms with E-state index in [0.717, 1.165) is 43.1 Å². The molecule has 0 saturated carbocycles.